The maximum absolute atomic E-state index is 13.2. The van der Waals surface area contributed by atoms with Crippen molar-refractivity contribution in [1.82, 2.24) is 24.0 Å². The summed E-state index contributed by atoms with van der Waals surface area (Å²) in [6, 6.07) is -0.214. The standard InChI is InChI=1S/C21H29N5O5S2/c1-21(2,3)19-22-16-15(18(28)25(5)20(29)24(16)4)17(23-19)32-10-14(27)26(12-6-7-12)13-8-9-33(30,31)11-13/h12-13H,6-11H2,1-5H3. The highest BCUT2D eigenvalue weighted by Gasteiger charge is 2.42. The van der Waals surface area contributed by atoms with E-state index in [2.05, 4.69) is 9.97 Å². The van der Waals surface area contributed by atoms with Crippen molar-refractivity contribution in [3.05, 3.63) is 26.7 Å². The van der Waals surface area contributed by atoms with Gasteiger partial charge < -0.3 is 4.90 Å². The Hall–Kier alpha value is -2.21. The fraction of sp³-hybridized carbons (Fsp3) is 0.667. The molecule has 0 N–H and O–H groups in total. The summed E-state index contributed by atoms with van der Waals surface area (Å²) in [5.41, 5.74) is -1.20. The lowest BCUT2D eigenvalue weighted by Crippen LogP contribution is -2.43. The molecule has 0 spiro atoms. The number of carbonyl (C=O) groups excluding carboxylic acids is 1. The summed E-state index contributed by atoms with van der Waals surface area (Å²) in [5.74, 6) is 0.447. The fourth-order valence-electron chi connectivity index (χ4n) is 4.13. The highest BCUT2D eigenvalue weighted by Crippen LogP contribution is 2.34. The lowest BCUT2D eigenvalue weighted by Gasteiger charge is -2.28. The van der Waals surface area contributed by atoms with Crippen LogP contribution < -0.4 is 11.2 Å². The molecule has 1 amide bonds. The minimum absolute atomic E-state index is 0.00711. The van der Waals surface area contributed by atoms with Crippen LogP contribution in [-0.4, -0.2) is 67.7 Å². The molecule has 3 heterocycles. The van der Waals surface area contributed by atoms with Crippen molar-refractivity contribution in [1.29, 1.82) is 0 Å². The molecule has 0 aromatic carbocycles. The molecule has 33 heavy (non-hydrogen) atoms. The number of rotatable bonds is 5. The van der Waals surface area contributed by atoms with E-state index in [1.807, 2.05) is 20.8 Å². The number of thioether (sulfide) groups is 1. The lowest BCUT2D eigenvalue weighted by atomic mass is 9.96. The third-order valence-electron chi connectivity index (χ3n) is 6.10. The van der Waals surface area contributed by atoms with Gasteiger partial charge >= 0.3 is 5.69 Å². The minimum atomic E-state index is -3.11. The first-order chi connectivity index (χ1) is 15.3. The predicted octanol–water partition coefficient (Wildman–Crippen LogP) is 0.595. The molecule has 1 aliphatic heterocycles. The normalized spacial score (nSPS) is 20.3. The molecule has 180 valence electrons. The zero-order valence-corrected chi connectivity index (χ0v) is 21.1. The van der Waals surface area contributed by atoms with Gasteiger partial charge in [-0.25, -0.2) is 23.2 Å². The van der Waals surface area contributed by atoms with E-state index in [0.717, 1.165) is 29.2 Å². The number of hydrogen-bond acceptors (Lipinski definition) is 8. The summed E-state index contributed by atoms with van der Waals surface area (Å²) < 4.78 is 26.3. The second-order valence-corrected chi connectivity index (χ2v) is 13.1. The van der Waals surface area contributed by atoms with Crippen LogP contribution in [0.3, 0.4) is 0 Å². The van der Waals surface area contributed by atoms with Gasteiger partial charge in [-0.15, -0.1) is 0 Å². The van der Waals surface area contributed by atoms with Crippen LogP contribution in [0.5, 0.6) is 0 Å². The molecule has 2 aliphatic rings. The first-order valence-corrected chi connectivity index (χ1v) is 13.7. The van der Waals surface area contributed by atoms with Gasteiger partial charge in [0, 0.05) is 31.6 Å². The van der Waals surface area contributed by atoms with Crippen LogP contribution in [0, 0.1) is 0 Å². The molecule has 2 aromatic heterocycles. The minimum Gasteiger partial charge on any atom is -0.335 e. The van der Waals surface area contributed by atoms with Crippen molar-refractivity contribution in [2.75, 3.05) is 17.3 Å². The zero-order valence-electron chi connectivity index (χ0n) is 19.5. The van der Waals surface area contributed by atoms with Crippen LogP contribution >= 0.6 is 11.8 Å². The van der Waals surface area contributed by atoms with Gasteiger partial charge in [0.1, 0.15) is 16.2 Å². The Bertz CT molecular complexity index is 1350. The molecule has 1 saturated carbocycles. The molecule has 1 unspecified atom stereocenters. The maximum Gasteiger partial charge on any atom is 0.332 e. The number of sulfone groups is 1. The van der Waals surface area contributed by atoms with Crippen LogP contribution in [0.25, 0.3) is 11.0 Å². The van der Waals surface area contributed by atoms with Crippen molar-refractivity contribution in [2.45, 2.75) is 62.6 Å². The molecule has 12 heteroatoms. The second kappa shape index (κ2) is 8.23. The molecule has 1 saturated heterocycles. The van der Waals surface area contributed by atoms with Crippen LogP contribution in [0.2, 0.25) is 0 Å². The third kappa shape index (κ3) is 4.59. The number of fused-ring (bicyclic) bond motifs is 1. The number of carbonyl (C=O) groups is 1. The molecule has 1 aliphatic carbocycles. The Kier molecular flexibility index (Phi) is 5.97. The largest absolute Gasteiger partial charge is 0.335 e. The van der Waals surface area contributed by atoms with Gasteiger partial charge in [-0.05, 0) is 19.3 Å². The smallest absolute Gasteiger partial charge is 0.332 e. The molecular formula is C21H29N5O5S2. The Morgan fingerprint density at radius 3 is 2.30 bits per heavy atom. The molecule has 10 nitrogen and oxygen atoms in total. The van der Waals surface area contributed by atoms with E-state index in [1.54, 1.807) is 11.9 Å². The van der Waals surface area contributed by atoms with E-state index in [-0.39, 0.29) is 46.3 Å². The first-order valence-electron chi connectivity index (χ1n) is 10.9. The average Bonchev–Trinajstić information content (AvgIpc) is 3.50. The summed E-state index contributed by atoms with van der Waals surface area (Å²) in [6.07, 6.45) is 2.21. The highest BCUT2D eigenvalue weighted by atomic mass is 32.2. The number of nitrogens with zero attached hydrogens (tertiary/aromatic N) is 5. The van der Waals surface area contributed by atoms with Gasteiger partial charge in [0.15, 0.2) is 15.5 Å². The summed E-state index contributed by atoms with van der Waals surface area (Å²) in [7, 11) is -0.161. The van der Waals surface area contributed by atoms with Gasteiger partial charge in [0.2, 0.25) is 5.91 Å². The van der Waals surface area contributed by atoms with Gasteiger partial charge in [-0.3, -0.25) is 18.7 Å². The lowest BCUT2D eigenvalue weighted by molar-refractivity contribution is -0.130. The number of amides is 1. The van der Waals surface area contributed by atoms with Gasteiger partial charge in [-0.2, -0.15) is 0 Å². The van der Waals surface area contributed by atoms with Gasteiger partial charge in [0.25, 0.3) is 5.56 Å². The third-order valence-corrected chi connectivity index (χ3v) is 8.81. The van der Waals surface area contributed by atoms with Crippen LogP contribution in [-0.2, 0) is 34.1 Å². The van der Waals surface area contributed by atoms with Crippen LogP contribution in [0.1, 0.15) is 45.9 Å². The van der Waals surface area contributed by atoms with Crippen molar-refractivity contribution in [2.24, 2.45) is 14.1 Å². The Morgan fingerprint density at radius 1 is 1.09 bits per heavy atom. The quantitative estimate of drug-likeness (QED) is 0.436. The Morgan fingerprint density at radius 2 is 1.76 bits per heavy atom. The van der Waals surface area contributed by atoms with Crippen molar-refractivity contribution in [3.63, 3.8) is 0 Å². The zero-order chi connectivity index (χ0) is 24.3. The summed E-state index contributed by atoms with van der Waals surface area (Å²) in [5, 5.41) is 0.552. The molecule has 4 rings (SSSR count). The van der Waals surface area contributed by atoms with E-state index in [4.69, 9.17) is 0 Å². The summed E-state index contributed by atoms with van der Waals surface area (Å²) in [6.45, 7) is 5.80. The monoisotopic (exact) mass is 495 g/mol. The number of aromatic nitrogens is 4. The second-order valence-electron chi connectivity index (χ2n) is 9.88. The molecular weight excluding hydrogens is 466 g/mol. The summed E-state index contributed by atoms with van der Waals surface area (Å²) in [4.78, 5) is 49.5. The van der Waals surface area contributed by atoms with Crippen molar-refractivity contribution >= 4 is 38.5 Å². The van der Waals surface area contributed by atoms with E-state index < -0.39 is 26.5 Å². The first kappa shape index (κ1) is 23.9. The number of hydrogen-bond donors (Lipinski definition) is 0. The van der Waals surface area contributed by atoms with E-state index >= 15 is 0 Å². The van der Waals surface area contributed by atoms with Gasteiger partial charge in [-0.1, -0.05) is 32.5 Å². The molecule has 0 bridgehead atoms. The van der Waals surface area contributed by atoms with E-state index in [9.17, 15) is 22.8 Å². The number of aryl methyl sites for hydroxylation is 1. The van der Waals surface area contributed by atoms with E-state index in [1.165, 1.54) is 11.6 Å². The molecule has 2 fully saturated rings. The Balaban J connectivity index is 1.71. The highest BCUT2D eigenvalue weighted by molar-refractivity contribution is 8.00. The topological polar surface area (TPSA) is 124 Å². The van der Waals surface area contributed by atoms with Gasteiger partial charge in [0.05, 0.1) is 17.3 Å². The molecule has 1 atom stereocenters. The molecule has 2 aromatic rings. The maximum atomic E-state index is 13.2. The van der Waals surface area contributed by atoms with E-state index in [0.29, 0.717) is 17.3 Å². The van der Waals surface area contributed by atoms with Crippen molar-refractivity contribution in [3.8, 4) is 0 Å². The average molecular weight is 496 g/mol. The van der Waals surface area contributed by atoms with Crippen LogP contribution in [0.4, 0.5) is 0 Å². The Labute approximate surface area is 196 Å². The van der Waals surface area contributed by atoms with Crippen LogP contribution in [0.15, 0.2) is 14.6 Å². The molecule has 0 radical (unpaired) electrons. The summed E-state index contributed by atoms with van der Waals surface area (Å²) >= 11 is 1.14. The fourth-order valence-corrected chi connectivity index (χ4v) is 6.72. The SMILES string of the molecule is Cn1c(=O)c2c(SCC(=O)N(C3CC3)C3CCS(=O)(=O)C3)nc(C(C)(C)C)nc2n(C)c1=O. The van der Waals surface area contributed by atoms with Crippen molar-refractivity contribution < 1.29 is 13.2 Å². The predicted molar refractivity (Wildman–Crippen MR) is 126 cm³/mol.